The molecule has 1 saturated carbocycles. The molecule has 3 atom stereocenters. The van der Waals surface area contributed by atoms with Gasteiger partial charge in [-0.05, 0) is 38.0 Å². The van der Waals surface area contributed by atoms with Gasteiger partial charge in [-0.2, -0.15) is 0 Å². The molecule has 0 bridgehead atoms. The van der Waals surface area contributed by atoms with Crippen molar-refractivity contribution in [1.29, 1.82) is 0 Å². The minimum Gasteiger partial charge on any atom is -0.468 e. The SMILES string of the molecule is CCC(C)NC1(C(=O)OC)CCCCC1C(C)C. The highest BCUT2D eigenvalue weighted by Gasteiger charge is 2.49. The summed E-state index contributed by atoms with van der Waals surface area (Å²) in [6.07, 6.45) is 5.40. The lowest BCUT2D eigenvalue weighted by Crippen LogP contribution is -2.62. The van der Waals surface area contributed by atoms with Crippen LogP contribution in [0.4, 0.5) is 0 Å². The lowest BCUT2D eigenvalue weighted by Gasteiger charge is -2.46. The topological polar surface area (TPSA) is 38.3 Å². The zero-order valence-corrected chi connectivity index (χ0v) is 12.6. The van der Waals surface area contributed by atoms with Crippen LogP contribution in [0.15, 0.2) is 0 Å². The van der Waals surface area contributed by atoms with E-state index in [0.717, 1.165) is 25.7 Å². The molecule has 0 aromatic heterocycles. The highest BCUT2D eigenvalue weighted by Crippen LogP contribution is 2.39. The van der Waals surface area contributed by atoms with Crippen molar-refractivity contribution in [3.63, 3.8) is 0 Å². The zero-order chi connectivity index (χ0) is 13.8. The predicted molar refractivity (Wildman–Crippen MR) is 74.4 cm³/mol. The quantitative estimate of drug-likeness (QED) is 0.767. The van der Waals surface area contributed by atoms with Crippen LogP contribution in [0.25, 0.3) is 0 Å². The van der Waals surface area contributed by atoms with Gasteiger partial charge in [-0.3, -0.25) is 10.1 Å². The Hall–Kier alpha value is -0.570. The number of hydrogen-bond acceptors (Lipinski definition) is 3. The highest BCUT2D eigenvalue weighted by molar-refractivity contribution is 5.81. The Kier molecular flexibility index (Phi) is 5.64. The second-order valence-corrected chi connectivity index (χ2v) is 6.01. The summed E-state index contributed by atoms with van der Waals surface area (Å²) < 4.78 is 5.12. The lowest BCUT2D eigenvalue weighted by molar-refractivity contribution is -0.155. The van der Waals surface area contributed by atoms with Crippen LogP contribution in [0.1, 0.15) is 59.8 Å². The van der Waals surface area contributed by atoms with Crippen LogP contribution in [-0.4, -0.2) is 24.7 Å². The van der Waals surface area contributed by atoms with E-state index in [-0.39, 0.29) is 5.97 Å². The molecule has 0 aromatic carbocycles. The Balaban J connectivity index is 3.02. The molecule has 0 heterocycles. The third-order valence-corrected chi connectivity index (χ3v) is 4.44. The van der Waals surface area contributed by atoms with Gasteiger partial charge >= 0.3 is 5.97 Å². The van der Waals surface area contributed by atoms with Crippen molar-refractivity contribution in [2.24, 2.45) is 11.8 Å². The van der Waals surface area contributed by atoms with Crippen molar-refractivity contribution in [2.45, 2.75) is 71.4 Å². The van der Waals surface area contributed by atoms with Crippen LogP contribution in [0.2, 0.25) is 0 Å². The molecular formula is C15H29NO2. The summed E-state index contributed by atoms with van der Waals surface area (Å²) in [5.41, 5.74) is -0.462. The van der Waals surface area contributed by atoms with Crippen molar-refractivity contribution >= 4 is 5.97 Å². The molecule has 0 amide bonds. The maximum absolute atomic E-state index is 12.4. The third-order valence-electron chi connectivity index (χ3n) is 4.44. The summed E-state index contributed by atoms with van der Waals surface area (Å²) >= 11 is 0. The summed E-state index contributed by atoms with van der Waals surface area (Å²) in [5.74, 6) is 0.815. The van der Waals surface area contributed by atoms with Crippen LogP contribution in [0, 0.1) is 11.8 Å². The fraction of sp³-hybridized carbons (Fsp3) is 0.933. The predicted octanol–water partition coefficient (Wildman–Crippen LogP) is 3.13. The van der Waals surface area contributed by atoms with Gasteiger partial charge in [0.15, 0.2) is 0 Å². The largest absolute Gasteiger partial charge is 0.468 e. The second-order valence-electron chi connectivity index (χ2n) is 6.01. The van der Waals surface area contributed by atoms with E-state index in [2.05, 4.69) is 33.0 Å². The Morgan fingerprint density at radius 3 is 2.56 bits per heavy atom. The Morgan fingerprint density at radius 2 is 2.06 bits per heavy atom. The van der Waals surface area contributed by atoms with Crippen molar-refractivity contribution < 1.29 is 9.53 Å². The van der Waals surface area contributed by atoms with Gasteiger partial charge in [0.05, 0.1) is 7.11 Å². The zero-order valence-electron chi connectivity index (χ0n) is 12.6. The minimum atomic E-state index is -0.462. The number of nitrogens with one attached hydrogen (secondary N) is 1. The van der Waals surface area contributed by atoms with Gasteiger partial charge in [-0.1, -0.05) is 33.6 Å². The van der Waals surface area contributed by atoms with E-state index in [1.807, 2.05) is 0 Å². The van der Waals surface area contributed by atoms with Gasteiger partial charge in [0.1, 0.15) is 5.54 Å². The molecule has 1 aliphatic carbocycles. The molecule has 1 N–H and O–H groups in total. The van der Waals surface area contributed by atoms with Gasteiger partial charge < -0.3 is 4.74 Å². The van der Waals surface area contributed by atoms with Crippen LogP contribution in [-0.2, 0) is 9.53 Å². The summed E-state index contributed by atoms with van der Waals surface area (Å²) in [5, 5.41) is 3.59. The molecule has 1 rings (SSSR count). The van der Waals surface area contributed by atoms with Crippen LogP contribution in [0.3, 0.4) is 0 Å². The number of esters is 1. The number of carbonyl (C=O) groups is 1. The Morgan fingerprint density at radius 1 is 1.39 bits per heavy atom. The first-order chi connectivity index (χ1) is 8.47. The molecule has 0 radical (unpaired) electrons. The molecule has 0 aromatic rings. The molecule has 106 valence electrons. The molecule has 0 spiro atoms. The van der Waals surface area contributed by atoms with Gasteiger partial charge in [-0.25, -0.2) is 0 Å². The third kappa shape index (κ3) is 3.05. The number of methoxy groups -OCH3 is 1. The van der Waals surface area contributed by atoms with Crippen molar-refractivity contribution in [1.82, 2.24) is 5.32 Å². The van der Waals surface area contributed by atoms with E-state index in [4.69, 9.17) is 4.74 Å². The molecular weight excluding hydrogens is 226 g/mol. The van der Waals surface area contributed by atoms with Gasteiger partial charge in [-0.15, -0.1) is 0 Å². The second kappa shape index (κ2) is 6.55. The molecule has 0 saturated heterocycles. The molecule has 1 aliphatic rings. The summed E-state index contributed by atoms with van der Waals surface area (Å²) in [4.78, 5) is 12.4. The van der Waals surface area contributed by atoms with E-state index in [9.17, 15) is 4.79 Å². The first kappa shape index (κ1) is 15.5. The molecule has 0 aliphatic heterocycles. The Bertz CT molecular complexity index is 278. The standard InChI is InChI=1S/C15H29NO2/c1-6-12(4)16-15(14(17)18-5)10-8-7-9-13(15)11(2)3/h11-13,16H,6-10H2,1-5H3. The van der Waals surface area contributed by atoms with Gasteiger partial charge in [0.2, 0.25) is 0 Å². The smallest absolute Gasteiger partial charge is 0.326 e. The summed E-state index contributed by atoms with van der Waals surface area (Å²) in [6, 6.07) is 0.350. The fourth-order valence-electron chi connectivity index (χ4n) is 3.32. The number of hydrogen-bond donors (Lipinski definition) is 1. The summed E-state index contributed by atoms with van der Waals surface area (Å²) in [7, 11) is 1.51. The van der Waals surface area contributed by atoms with Crippen molar-refractivity contribution in [2.75, 3.05) is 7.11 Å². The number of ether oxygens (including phenoxy) is 1. The Labute approximate surface area is 112 Å². The lowest BCUT2D eigenvalue weighted by atomic mass is 9.67. The first-order valence-corrected chi connectivity index (χ1v) is 7.34. The van der Waals surface area contributed by atoms with Crippen molar-refractivity contribution in [3.8, 4) is 0 Å². The highest BCUT2D eigenvalue weighted by atomic mass is 16.5. The molecule has 18 heavy (non-hydrogen) atoms. The molecule has 1 fully saturated rings. The fourth-order valence-corrected chi connectivity index (χ4v) is 3.32. The van der Waals surface area contributed by atoms with E-state index >= 15 is 0 Å². The van der Waals surface area contributed by atoms with E-state index < -0.39 is 5.54 Å². The van der Waals surface area contributed by atoms with E-state index in [1.54, 1.807) is 0 Å². The number of carbonyl (C=O) groups excluding carboxylic acids is 1. The summed E-state index contributed by atoms with van der Waals surface area (Å²) in [6.45, 7) is 8.73. The van der Waals surface area contributed by atoms with E-state index in [0.29, 0.717) is 17.9 Å². The van der Waals surface area contributed by atoms with Gasteiger partial charge in [0, 0.05) is 6.04 Å². The molecule has 3 unspecified atom stereocenters. The van der Waals surface area contributed by atoms with Crippen LogP contribution >= 0.6 is 0 Å². The van der Waals surface area contributed by atoms with Gasteiger partial charge in [0.25, 0.3) is 0 Å². The van der Waals surface area contributed by atoms with Crippen molar-refractivity contribution in [3.05, 3.63) is 0 Å². The average molecular weight is 255 g/mol. The normalized spacial score (nSPS) is 30.2. The van der Waals surface area contributed by atoms with Crippen LogP contribution in [0.5, 0.6) is 0 Å². The monoisotopic (exact) mass is 255 g/mol. The average Bonchev–Trinajstić information content (AvgIpc) is 2.37. The first-order valence-electron chi connectivity index (χ1n) is 7.34. The van der Waals surface area contributed by atoms with Crippen LogP contribution < -0.4 is 5.32 Å². The molecule has 3 nitrogen and oxygen atoms in total. The number of rotatable bonds is 5. The van der Waals surface area contributed by atoms with E-state index in [1.165, 1.54) is 13.5 Å². The maximum Gasteiger partial charge on any atom is 0.326 e. The maximum atomic E-state index is 12.4. The molecule has 3 heteroatoms. The minimum absolute atomic E-state index is 0.0683.